The van der Waals surface area contributed by atoms with E-state index in [1.165, 1.54) is 8.96 Å². The molecule has 3 heterocycles. The van der Waals surface area contributed by atoms with Gasteiger partial charge in [0.1, 0.15) is 11.8 Å². The van der Waals surface area contributed by atoms with E-state index in [0.717, 1.165) is 27.8 Å². The van der Waals surface area contributed by atoms with Gasteiger partial charge in [-0.15, -0.1) is 0 Å². The Morgan fingerprint density at radius 3 is 2.13 bits per heavy atom. The quantitative estimate of drug-likeness (QED) is 0.201. The molecule has 0 spiro atoms. The number of rotatable bonds is 8. The summed E-state index contributed by atoms with van der Waals surface area (Å²) in [4.78, 5) is 29.5. The summed E-state index contributed by atoms with van der Waals surface area (Å²) < 4.78 is 34.4. The van der Waals surface area contributed by atoms with E-state index in [1.807, 2.05) is 88.4 Å². The van der Waals surface area contributed by atoms with Crippen molar-refractivity contribution in [2.75, 3.05) is 5.32 Å². The molecule has 47 heavy (non-hydrogen) atoms. The van der Waals surface area contributed by atoms with Crippen LogP contribution in [0.4, 0.5) is 14.3 Å². The van der Waals surface area contributed by atoms with Gasteiger partial charge in [-0.2, -0.15) is 0 Å². The van der Waals surface area contributed by atoms with Crippen molar-refractivity contribution in [2.24, 2.45) is 5.92 Å². The van der Waals surface area contributed by atoms with E-state index < -0.39 is 13.0 Å². The number of allylic oxidation sites excluding steroid dienone is 2. The van der Waals surface area contributed by atoms with Gasteiger partial charge in [-0.3, -0.25) is 9.59 Å². The zero-order chi connectivity index (χ0) is 33.6. The highest BCUT2D eigenvalue weighted by atomic mass is 19.2. The second-order valence-corrected chi connectivity index (χ2v) is 12.9. The highest BCUT2D eigenvalue weighted by Crippen LogP contribution is 2.44. The lowest BCUT2D eigenvalue weighted by Gasteiger charge is -2.34. The molecule has 1 aromatic heterocycles. The maximum atomic E-state index is 16.0. The Labute approximate surface area is 274 Å². The highest BCUT2D eigenvalue weighted by molar-refractivity contribution is 6.58. The van der Waals surface area contributed by atoms with Crippen molar-refractivity contribution in [3.63, 3.8) is 0 Å². The molecule has 2 aliphatic rings. The third-order valence-corrected chi connectivity index (χ3v) is 9.09. The SMILES string of the molecule is CC1=CC(C)=[N+]2C1=C(c1ccc(NC(=O)C(C(C)C)N(Cc3ccccc3)C(=O)c3ccccc3)cc1)c1c(C)cc(C)n1[B-]2(F)F. The molecule has 9 heteroatoms. The average molecular weight is 633 g/mol. The van der Waals surface area contributed by atoms with Gasteiger partial charge in [0, 0.05) is 42.1 Å². The van der Waals surface area contributed by atoms with Crippen molar-refractivity contribution in [3.8, 4) is 0 Å². The van der Waals surface area contributed by atoms with E-state index in [4.69, 9.17) is 0 Å². The van der Waals surface area contributed by atoms with Crippen molar-refractivity contribution < 1.29 is 22.7 Å². The molecule has 6 nitrogen and oxygen atoms in total. The van der Waals surface area contributed by atoms with Gasteiger partial charge in [-0.25, -0.2) is 0 Å². The van der Waals surface area contributed by atoms with Crippen LogP contribution in [0.2, 0.25) is 0 Å². The summed E-state index contributed by atoms with van der Waals surface area (Å²) in [6.07, 6.45) is 1.81. The fraction of sp³-hybridized carbons (Fsp3) is 0.237. The van der Waals surface area contributed by atoms with Gasteiger partial charge in [0.25, 0.3) is 5.91 Å². The molecule has 1 unspecified atom stereocenters. The molecular weight excluding hydrogens is 593 g/mol. The van der Waals surface area contributed by atoms with Crippen LogP contribution in [0.3, 0.4) is 0 Å². The minimum absolute atomic E-state index is 0.190. The first kappa shape index (κ1) is 31.9. The predicted molar refractivity (Wildman–Crippen MR) is 184 cm³/mol. The zero-order valence-corrected chi connectivity index (χ0v) is 27.6. The van der Waals surface area contributed by atoms with E-state index in [1.54, 1.807) is 55.2 Å². The summed E-state index contributed by atoms with van der Waals surface area (Å²) in [6, 6.07) is 27.0. The van der Waals surface area contributed by atoms with Crippen LogP contribution in [0.5, 0.6) is 0 Å². The monoisotopic (exact) mass is 632 g/mol. The molecule has 2 aliphatic heterocycles. The fourth-order valence-corrected chi connectivity index (χ4v) is 7.14. The average Bonchev–Trinajstić information content (AvgIpc) is 3.52. The lowest BCUT2D eigenvalue weighted by molar-refractivity contribution is -0.363. The minimum Gasteiger partial charge on any atom is -0.393 e. The number of hydrogen-bond acceptors (Lipinski definition) is 2. The number of nitrogens with zero attached hydrogens (tertiary/aromatic N) is 3. The molecule has 6 rings (SSSR count). The second kappa shape index (κ2) is 12.3. The third-order valence-electron chi connectivity index (χ3n) is 9.09. The Morgan fingerprint density at radius 1 is 0.894 bits per heavy atom. The van der Waals surface area contributed by atoms with E-state index in [0.29, 0.717) is 34.0 Å². The maximum Gasteiger partial charge on any atom is 0.737 e. The smallest absolute Gasteiger partial charge is 0.393 e. The van der Waals surface area contributed by atoms with E-state index in [9.17, 15) is 9.59 Å². The molecule has 0 saturated carbocycles. The van der Waals surface area contributed by atoms with Crippen LogP contribution in [0.15, 0.2) is 108 Å². The van der Waals surface area contributed by atoms with Crippen LogP contribution in [0.25, 0.3) is 5.57 Å². The number of aryl methyl sites for hydroxylation is 2. The van der Waals surface area contributed by atoms with Gasteiger partial charge in [-0.1, -0.05) is 74.5 Å². The van der Waals surface area contributed by atoms with Crippen LogP contribution < -0.4 is 5.32 Å². The largest absolute Gasteiger partial charge is 0.737 e. The van der Waals surface area contributed by atoms with Crippen LogP contribution in [0.1, 0.15) is 66.1 Å². The molecule has 2 amide bonds. The van der Waals surface area contributed by atoms with E-state index in [2.05, 4.69) is 5.32 Å². The molecule has 0 aliphatic carbocycles. The second-order valence-electron chi connectivity index (χ2n) is 12.9. The predicted octanol–water partition coefficient (Wildman–Crippen LogP) is 7.84. The number of aromatic nitrogens is 1. The van der Waals surface area contributed by atoms with Gasteiger partial charge in [0.2, 0.25) is 5.91 Å². The number of nitrogens with one attached hydrogen (secondary N) is 1. The van der Waals surface area contributed by atoms with Crippen LogP contribution in [0, 0.1) is 19.8 Å². The summed E-state index contributed by atoms with van der Waals surface area (Å²) in [5.41, 5.74) is 7.06. The topological polar surface area (TPSA) is 57.4 Å². The van der Waals surface area contributed by atoms with Gasteiger partial charge in [0.05, 0.1) is 5.57 Å². The summed E-state index contributed by atoms with van der Waals surface area (Å²) in [5, 5.41) is 3.04. The first-order chi connectivity index (χ1) is 22.4. The summed E-state index contributed by atoms with van der Waals surface area (Å²) in [5.74, 6) is -0.723. The third kappa shape index (κ3) is 5.64. The first-order valence-electron chi connectivity index (χ1n) is 16.0. The number of anilines is 1. The Hall–Kier alpha value is -5.05. The Bertz CT molecular complexity index is 1960. The number of fused-ring (bicyclic) bond motifs is 2. The molecule has 1 atom stereocenters. The molecule has 0 fully saturated rings. The summed E-state index contributed by atoms with van der Waals surface area (Å²) in [7, 11) is 0. The number of benzene rings is 3. The normalized spacial score (nSPS) is 15.7. The highest BCUT2D eigenvalue weighted by Gasteiger charge is 2.55. The molecule has 0 saturated heterocycles. The molecule has 0 bridgehead atoms. The van der Waals surface area contributed by atoms with Crippen molar-refractivity contribution in [2.45, 2.75) is 54.1 Å². The van der Waals surface area contributed by atoms with Crippen LogP contribution in [-0.4, -0.2) is 44.4 Å². The summed E-state index contributed by atoms with van der Waals surface area (Å²) >= 11 is 0. The summed E-state index contributed by atoms with van der Waals surface area (Å²) in [6.45, 7) is 7.22. The Morgan fingerprint density at radius 2 is 1.51 bits per heavy atom. The van der Waals surface area contributed by atoms with Crippen molar-refractivity contribution >= 4 is 35.8 Å². The minimum atomic E-state index is -4.07. The standard InChI is InChI=1S/C38H39BF2N4O2/c1-24(2)34(43(23-29-13-9-7-10-14-29)38(47)31-15-11-8-12-16-31)37(46)42-32-19-17-30(18-20-32)33-35-25(3)21-27(5)44(35)39(40,41)45-28(6)22-26(4)36(33)45/h7-22,24,34H,23H2,1-6H3,(H,42,46). The molecule has 1 N–H and O–H groups in total. The molecular formula is C38H39BF2N4O2. The Balaban J connectivity index is 1.34. The molecule has 4 aromatic rings. The van der Waals surface area contributed by atoms with Gasteiger partial charge < -0.3 is 27.8 Å². The van der Waals surface area contributed by atoms with Crippen LogP contribution in [-0.2, 0) is 11.3 Å². The van der Waals surface area contributed by atoms with E-state index >= 15 is 8.63 Å². The first-order valence-corrected chi connectivity index (χ1v) is 16.0. The zero-order valence-electron chi connectivity index (χ0n) is 27.6. The van der Waals surface area contributed by atoms with Crippen molar-refractivity contribution in [1.82, 2.24) is 9.38 Å². The maximum absolute atomic E-state index is 16.0. The van der Waals surface area contributed by atoms with E-state index in [-0.39, 0.29) is 24.3 Å². The Kier molecular flexibility index (Phi) is 8.34. The van der Waals surface area contributed by atoms with Crippen molar-refractivity contribution in [3.05, 3.63) is 142 Å². The number of carbonyl (C=O) groups is 2. The lowest BCUT2D eigenvalue weighted by Crippen LogP contribution is -2.51. The molecule has 3 aromatic carbocycles. The number of hydrogen-bond donors (Lipinski definition) is 1. The fourth-order valence-electron chi connectivity index (χ4n) is 7.14. The molecule has 0 radical (unpaired) electrons. The van der Waals surface area contributed by atoms with Crippen molar-refractivity contribution in [1.29, 1.82) is 0 Å². The number of carbonyl (C=O) groups excluding carboxylic acids is 2. The van der Waals surface area contributed by atoms with Gasteiger partial charge in [0.15, 0.2) is 5.70 Å². The van der Waals surface area contributed by atoms with Gasteiger partial charge in [-0.05, 0) is 79.4 Å². The van der Waals surface area contributed by atoms with Crippen LogP contribution >= 0.6 is 0 Å². The molecule has 240 valence electrons. The number of amides is 2. The lowest BCUT2D eigenvalue weighted by atomic mass is 9.84. The number of halogens is 2. The van der Waals surface area contributed by atoms with Gasteiger partial charge >= 0.3 is 6.97 Å².